The van der Waals surface area contributed by atoms with Crippen LogP contribution in [-0.4, -0.2) is 32.7 Å². The molecular weight excluding hydrogens is 446 g/mol. The number of carbonyl (C=O) groups excluding carboxylic acids is 1. The zero-order chi connectivity index (χ0) is 24.5. The number of hydrogen-bond donors (Lipinski definition) is 2. The summed E-state index contributed by atoms with van der Waals surface area (Å²) in [6, 6.07) is 18.4. The lowest BCUT2D eigenvalue weighted by molar-refractivity contribution is -0.141. The van der Waals surface area contributed by atoms with Gasteiger partial charge in [-0.25, -0.2) is 5.01 Å². The van der Waals surface area contributed by atoms with E-state index in [4.69, 9.17) is 9.52 Å². The van der Waals surface area contributed by atoms with E-state index >= 15 is 0 Å². The highest BCUT2D eigenvalue weighted by Crippen LogP contribution is 2.37. The number of furan rings is 1. The van der Waals surface area contributed by atoms with Crippen molar-refractivity contribution in [2.45, 2.75) is 32.2 Å². The summed E-state index contributed by atoms with van der Waals surface area (Å²) in [5.74, 6) is -0.997. The Balaban J connectivity index is 1.69. The van der Waals surface area contributed by atoms with Gasteiger partial charge in [-0.3, -0.25) is 14.4 Å². The molecule has 0 saturated carbocycles. The first kappa shape index (κ1) is 22.3. The van der Waals surface area contributed by atoms with Crippen molar-refractivity contribution >= 4 is 28.5 Å². The highest BCUT2D eigenvalue weighted by Gasteiger charge is 2.36. The van der Waals surface area contributed by atoms with E-state index in [9.17, 15) is 14.4 Å². The number of nitrogens with zero attached hydrogens (tertiary/aromatic N) is 2. The van der Waals surface area contributed by atoms with Gasteiger partial charge >= 0.3 is 5.97 Å². The van der Waals surface area contributed by atoms with Gasteiger partial charge in [0.1, 0.15) is 11.8 Å². The average molecular weight is 469 g/mol. The Morgan fingerprint density at radius 3 is 2.60 bits per heavy atom. The first-order chi connectivity index (χ1) is 16.9. The summed E-state index contributed by atoms with van der Waals surface area (Å²) in [7, 11) is 0. The highest BCUT2D eigenvalue weighted by atomic mass is 16.4. The number of amides is 1. The van der Waals surface area contributed by atoms with Gasteiger partial charge in [0.2, 0.25) is 5.91 Å². The molecule has 0 radical (unpaired) electrons. The van der Waals surface area contributed by atoms with Gasteiger partial charge in [0.05, 0.1) is 24.0 Å². The lowest BCUT2D eigenvalue weighted by atomic mass is 9.91. The number of aryl methyl sites for hydroxylation is 1. The monoisotopic (exact) mass is 469 g/mol. The predicted octanol–water partition coefficient (Wildman–Crippen LogP) is 4.64. The Morgan fingerprint density at radius 2 is 1.89 bits per heavy atom. The van der Waals surface area contributed by atoms with Gasteiger partial charge in [-0.1, -0.05) is 42.5 Å². The van der Waals surface area contributed by atoms with Crippen molar-refractivity contribution in [2.24, 2.45) is 5.10 Å². The molecule has 176 valence electrons. The van der Waals surface area contributed by atoms with Crippen molar-refractivity contribution in [2.75, 3.05) is 0 Å². The highest BCUT2D eigenvalue weighted by molar-refractivity contribution is 6.12. The second-order valence-electron chi connectivity index (χ2n) is 8.53. The predicted molar refractivity (Wildman–Crippen MR) is 131 cm³/mol. The van der Waals surface area contributed by atoms with Crippen LogP contribution in [0.15, 0.2) is 81.2 Å². The van der Waals surface area contributed by atoms with Crippen LogP contribution >= 0.6 is 0 Å². The van der Waals surface area contributed by atoms with Gasteiger partial charge in [0.25, 0.3) is 5.56 Å². The van der Waals surface area contributed by atoms with E-state index in [1.807, 2.05) is 55.5 Å². The number of pyridine rings is 1. The zero-order valence-electron chi connectivity index (χ0n) is 19.0. The number of aromatic amines is 1. The molecule has 0 aliphatic carbocycles. The second-order valence-corrected chi connectivity index (χ2v) is 8.53. The largest absolute Gasteiger partial charge is 0.481 e. The van der Waals surface area contributed by atoms with E-state index in [-0.39, 0.29) is 24.8 Å². The number of rotatable bonds is 6. The fourth-order valence-electron chi connectivity index (χ4n) is 4.51. The fourth-order valence-corrected chi connectivity index (χ4v) is 4.51. The summed E-state index contributed by atoms with van der Waals surface area (Å²) >= 11 is 0. The summed E-state index contributed by atoms with van der Waals surface area (Å²) in [6.07, 6.45) is 1.25. The molecule has 0 fully saturated rings. The molecule has 1 aliphatic rings. The number of H-pyrrole nitrogens is 1. The summed E-state index contributed by atoms with van der Waals surface area (Å²) in [5, 5.41) is 15.7. The van der Waals surface area contributed by atoms with Crippen LogP contribution in [0.2, 0.25) is 0 Å². The molecule has 0 spiro atoms. The summed E-state index contributed by atoms with van der Waals surface area (Å²) in [4.78, 5) is 40.4. The zero-order valence-corrected chi connectivity index (χ0v) is 19.0. The lowest BCUT2D eigenvalue weighted by Crippen LogP contribution is -2.27. The van der Waals surface area contributed by atoms with Gasteiger partial charge in [0.15, 0.2) is 0 Å². The molecule has 1 amide bonds. The Morgan fingerprint density at radius 1 is 1.09 bits per heavy atom. The smallest absolute Gasteiger partial charge is 0.303 e. The molecule has 4 aromatic rings. The number of aliphatic carboxylic acids is 1. The number of nitrogens with one attached hydrogen (secondary N) is 1. The molecule has 1 aliphatic heterocycles. The maximum absolute atomic E-state index is 13.5. The number of benzene rings is 2. The van der Waals surface area contributed by atoms with Crippen LogP contribution in [-0.2, 0) is 9.59 Å². The van der Waals surface area contributed by atoms with Crippen molar-refractivity contribution in [3.63, 3.8) is 0 Å². The van der Waals surface area contributed by atoms with Crippen LogP contribution in [0, 0.1) is 6.92 Å². The molecule has 2 N–H and O–H groups in total. The van der Waals surface area contributed by atoms with Gasteiger partial charge in [0, 0.05) is 29.3 Å². The van der Waals surface area contributed by atoms with Crippen molar-refractivity contribution in [1.82, 2.24) is 9.99 Å². The van der Waals surface area contributed by atoms with Crippen LogP contribution in [0.4, 0.5) is 0 Å². The number of carbonyl (C=O) groups is 2. The molecule has 8 heteroatoms. The minimum absolute atomic E-state index is 0.206. The third kappa shape index (κ3) is 4.26. The fraction of sp³-hybridized carbons (Fsp3) is 0.185. The third-order valence-corrected chi connectivity index (χ3v) is 6.11. The van der Waals surface area contributed by atoms with E-state index in [0.29, 0.717) is 22.6 Å². The number of hydrogen-bond acceptors (Lipinski definition) is 5. The number of aromatic nitrogens is 1. The molecule has 0 bridgehead atoms. The van der Waals surface area contributed by atoms with Crippen LogP contribution in [0.5, 0.6) is 0 Å². The van der Waals surface area contributed by atoms with Gasteiger partial charge in [-0.05, 0) is 36.2 Å². The molecule has 5 rings (SSSR count). The maximum atomic E-state index is 13.5. The number of fused-ring (bicyclic) bond motifs is 1. The van der Waals surface area contributed by atoms with E-state index in [0.717, 1.165) is 22.1 Å². The molecular formula is C27H23N3O5. The molecule has 1 atom stereocenters. The minimum atomic E-state index is -1.07. The van der Waals surface area contributed by atoms with Crippen molar-refractivity contribution < 1.29 is 19.1 Å². The van der Waals surface area contributed by atoms with Gasteiger partial charge < -0.3 is 14.5 Å². The van der Waals surface area contributed by atoms with E-state index in [1.165, 1.54) is 11.3 Å². The van der Waals surface area contributed by atoms with Crippen LogP contribution < -0.4 is 5.56 Å². The third-order valence-electron chi connectivity index (χ3n) is 6.11. The summed E-state index contributed by atoms with van der Waals surface area (Å²) in [6.45, 7) is 1.96. The summed E-state index contributed by atoms with van der Waals surface area (Å²) < 4.78 is 5.57. The second kappa shape index (κ2) is 9.06. The Labute approximate surface area is 200 Å². The SMILES string of the molecule is Cc1ccc2c(-c3ccccc3)c(C3=NN(C(=O)CCC(=O)O)[C@@H](c4ccco4)C3)c(=O)[nH]c2c1. The summed E-state index contributed by atoms with van der Waals surface area (Å²) in [5.41, 5.74) is 3.85. The van der Waals surface area contributed by atoms with Crippen LogP contribution in [0.1, 0.15) is 42.2 Å². The molecule has 35 heavy (non-hydrogen) atoms. The van der Waals surface area contributed by atoms with Crippen molar-refractivity contribution in [3.8, 4) is 11.1 Å². The molecule has 2 aromatic heterocycles. The normalized spacial score (nSPS) is 15.4. The van der Waals surface area contributed by atoms with Gasteiger partial charge in [-0.2, -0.15) is 5.10 Å². The quantitative estimate of drug-likeness (QED) is 0.427. The standard InChI is InChI=1S/C27H23N3O5/c1-16-9-10-18-19(14-16)28-27(34)26(25(18)17-6-3-2-4-7-17)20-15-21(22-8-5-13-35-22)30(29-20)23(31)11-12-24(32)33/h2-10,13-14,21H,11-12,15H2,1H3,(H,28,34)(H,32,33)/t21-/m1/s1. The molecule has 0 saturated heterocycles. The van der Waals surface area contributed by atoms with E-state index < -0.39 is 17.9 Å². The van der Waals surface area contributed by atoms with Crippen LogP contribution in [0.25, 0.3) is 22.0 Å². The first-order valence-electron chi connectivity index (χ1n) is 11.3. The topological polar surface area (TPSA) is 116 Å². The first-order valence-corrected chi connectivity index (χ1v) is 11.3. The Kier molecular flexibility index (Phi) is 5.78. The number of hydrazone groups is 1. The minimum Gasteiger partial charge on any atom is -0.481 e. The van der Waals surface area contributed by atoms with E-state index in [1.54, 1.807) is 12.1 Å². The van der Waals surface area contributed by atoms with Gasteiger partial charge in [-0.15, -0.1) is 0 Å². The maximum Gasteiger partial charge on any atom is 0.303 e. The van der Waals surface area contributed by atoms with Crippen molar-refractivity contribution in [1.29, 1.82) is 0 Å². The molecule has 2 aromatic carbocycles. The lowest BCUT2D eigenvalue weighted by Gasteiger charge is -2.19. The average Bonchev–Trinajstić information content (AvgIpc) is 3.52. The molecule has 8 nitrogen and oxygen atoms in total. The molecule has 3 heterocycles. The Bertz CT molecular complexity index is 1500. The van der Waals surface area contributed by atoms with Crippen LogP contribution in [0.3, 0.4) is 0 Å². The molecule has 0 unspecified atom stereocenters. The number of carboxylic acid groups (broad SMARTS) is 1. The van der Waals surface area contributed by atoms with E-state index in [2.05, 4.69) is 10.1 Å². The Hall–Kier alpha value is -4.46. The van der Waals surface area contributed by atoms with Crippen molar-refractivity contribution in [3.05, 3.63) is 94.2 Å². The number of carboxylic acids is 1.